The largest absolute Gasteiger partial charge is 0.378 e. The lowest BCUT2D eigenvalue weighted by Gasteiger charge is -2.11. The van der Waals surface area contributed by atoms with Crippen LogP contribution < -0.4 is 15.0 Å². The van der Waals surface area contributed by atoms with E-state index in [0.717, 1.165) is 27.2 Å². The number of aromatic nitrogens is 2. The van der Waals surface area contributed by atoms with E-state index in [9.17, 15) is 4.79 Å². The topological polar surface area (TPSA) is 37.6 Å². The highest BCUT2D eigenvalue weighted by Gasteiger charge is 2.12. The molecule has 2 aromatic heterocycles. The van der Waals surface area contributed by atoms with E-state index in [1.54, 1.807) is 4.40 Å². The normalized spacial score (nSPS) is 12.4. The first kappa shape index (κ1) is 15.8. The highest BCUT2D eigenvalue weighted by atomic mass is 32.1. The summed E-state index contributed by atoms with van der Waals surface area (Å²) in [5, 5.41) is 0. The number of hydrogen-bond donors (Lipinski definition) is 0. The summed E-state index contributed by atoms with van der Waals surface area (Å²) in [5.41, 5.74) is 6.29. The Labute approximate surface area is 149 Å². The number of benzene rings is 2. The SMILES string of the molecule is Cc1cc2nc3sc(=Cc4ccc(N(C)C)cc4)c(=O)n3c2cc1C. The predicted molar refractivity (Wildman–Crippen MR) is 106 cm³/mol. The molecular formula is C20H19N3OS. The zero-order valence-electron chi connectivity index (χ0n) is 14.7. The fourth-order valence-electron chi connectivity index (χ4n) is 2.94. The average molecular weight is 349 g/mol. The van der Waals surface area contributed by atoms with Gasteiger partial charge in [-0.2, -0.15) is 0 Å². The molecule has 4 rings (SSSR count). The van der Waals surface area contributed by atoms with Gasteiger partial charge in [0.15, 0.2) is 4.96 Å². The molecule has 0 radical (unpaired) electrons. The van der Waals surface area contributed by atoms with E-state index in [4.69, 9.17) is 0 Å². The van der Waals surface area contributed by atoms with Crippen LogP contribution in [0.5, 0.6) is 0 Å². The van der Waals surface area contributed by atoms with Gasteiger partial charge in [0.25, 0.3) is 5.56 Å². The summed E-state index contributed by atoms with van der Waals surface area (Å²) in [6.07, 6.45) is 1.94. The molecule has 2 heterocycles. The van der Waals surface area contributed by atoms with Gasteiger partial charge in [-0.05, 0) is 60.9 Å². The first-order valence-electron chi connectivity index (χ1n) is 8.15. The van der Waals surface area contributed by atoms with E-state index in [1.807, 2.05) is 38.4 Å². The fourth-order valence-corrected chi connectivity index (χ4v) is 3.93. The van der Waals surface area contributed by atoms with Crippen molar-refractivity contribution in [2.24, 2.45) is 0 Å². The molecule has 0 saturated heterocycles. The van der Waals surface area contributed by atoms with E-state index in [-0.39, 0.29) is 5.56 Å². The quantitative estimate of drug-likeness (QED) is 0.558. The Balaban J connectivity index is 1.89. The highest BCUT2D eigenvalue weighted by molar-refractivity contribution is 7.15. The van der Waals surface area contributed by atoms with E-state index in [0.29, 0.717) is 4.53 Å². The second-order valence-corrected chi connectivity index (χ2v) is 7.57. The third-order valence-electron chi connectivity index (χ3n) is 4.56. The van der Waals surface area contributed by atoms with Crippen molar-refractivity contribution in [1.29, 1.82) is 0 Å². The van der Waals surface area contributed by atoms with Gasteiger partial charge in [0.2, 0.25) is 0 Å². The Kier molecular flexibility index (Phi) is 3.62. The van der Waals surface area contributed by atoms with Crippen LogP contribution in [-0.4, -0.2) is 23.5 Å². The van der Waals surface area contributed by atoms with Crippen molar-refractivity contribution >= 4 is 39.1 Å². The van der Waals surface area contributed by atoms with Crippen LogP contribution in [0.2, 0.25) is 0 Å². The van der Waals surface area contributed by atoms with Crippen LogP contribution in [0.15, 0.2) is 41.2 Å². The lowest BCUT2D eigenvalue weighted by Crippen LogP contribution is -2.22. The third-order valence-corrected chi connectivity index (χ3v) is 5.53. The maximum absolute atomic E-state index is 12.9. The molecule has 4 nitrogen and oxygen atoms in total. The molecule has 0 bridgehead atoms. The summed E-state index contributed by atoms with van der Waals surface area (Å²) in [7, 11) is 4.02. The van der Waals surface area contributed by atoms with E-state index in [1.165, 1.54) is 22.5 Å². The summed E-state index contributed by atoms with van der Waals surface area (Å²) < 4.78 is 2.44. The Morgan fingerprint density at radius 3 is 2.44 bits per heavy atom. The van der Waals surface area contributed by atoms with Crippen molar-refractivity contribution in [1.82, 2.24) is 9.38 Å². The van der Waals surface area contributed by atoms with Gasteiger partial charge < -0.3 is 4.90 Å². The highest BCUT2D eigenvalue weighted by Crippen LogP contribution is 2.20. The van der Waals surface area contributed by atoms with Crippen LogP contribution in [0.4, 0.5) is 5.69 Å². The number of rotatable bonds is 2. The molecule has 4 aromatic rings. The molecule has 25 heavy (non-hydrogen) atoms. The molecule has 0 unspecified atom stereocenters. The van der Waals surface area contributed by atoms with Crippen LogP contribution in [0.1, 0.15) is 16.7 Å². The molecule has 0 saturated carbocycles. The van der Waals surface area contributed by atoms with Crippen LogP contribution in [0.25, 0.3) is 22.1 Å². The first-order chi connectivity index (χ1) is 11.9. The minimum atomic E-state index is 0.00226. The Hall–Kier alpha value is -2.66. The lowest BCUT2D eigenvalue weighted by atomic mass is 10.1. The second kappa shape index (κ2) is 5.70. The number of fused-ring (bicyclic) bond motifs is 3. The summed E-state index contributed by atoms with van der Waals surface area (Å²) >= 11 is 1.44. The molecule has 0 N–H and O–H groups in total. The molecule has 5 heteroatoms. The second-order valence-electron chi connectivity index (χ2n) is 6.56. The predicted octanol–water partition coefficient (Wildman–Crippen LogP) is 3.14. The summed E-state index contributed by atoms with van der Waals surface area (Å²) in [5.74, 6) is 0. The van der Waals surface area contributed by atoms with Crippen molar-refractivity contribution in [2.45, 2.75) is 13.8 Å². The summed E-state index contributed by atoms with van der Waals surface area (Å²) in [4.78, 5) is 20.3. The zero-order valence-corrected chi connectivity index (χ0v) is 15.5. The molecule has 0 aliphatic rings. The van der Waals surface area contributed by atoms with Gasteiger partial charge in [-0.15, -0.1) is 0 Å². The lowest BCUT2D eigenvalue weighted by molar-refractivity contribution is 1.13. The van der Waals surface area contributed by atoms with Crippen molar-refractivity contribution in [2.75, 3.05) is 19.0 Å². The van der Waals surface area contributed by atoms with Gasteiger partial charge >= 0.3 is 0 Å². The molecule has 0 amide bonds. The van der Waals surface area contributed by atoms with Gasteiger partial charge in [0.1, 0.15) is 0 Å². The average Bonchev–Trinajstić information content (AvgIpc) is 3.05. The number of anilines is 1. The van der Waals surface area contributed by atoms with Crippen LogP contribution in [-0.2, 0) is 0 Å². The number of hydrogen-bond acceptors (Lipinski definition) is 4. The van der Waals surface area contributed by atoms with Gasteiger partial charge in [-0.1, -0.05) is 23.5 Å². The number of thiazole rings is 1. The molecule has 126 valence electrons. The number of nitrogens with zero attached hydrogens (tertiary/aromatic N) is 3. The van der Waals surface area contributed by atoms with Crippen molar-refractivity contribution in [3.05, 3.63) is 68.0 Å². The zero-order chi connectivity index (χ0) is 17.7. The van der Waals surface area contributed by atoms with Gasteiger partial charge in [-0.25, -0.2) is 9.38 Å². The summed E-state index contributed by atoms with van der Waals surface area (Å²) in [6, 6.07) is 12.3. The smallest absolute Gasteiger partial charge is 0.274 e. The standard InChI is InChI=1S/C20H19N3OS/c1-12-9-16-17(10-13(12)2)23-19(24)18(25-20(23)21-16)11-14-5-7-15(8-6-14)22(3)4/h5-11H,1-4H3. The molecule has 0 aliphatic heterocycles. The molecule has 2 aromatic carbocycles. The van der Waals surface area contributed by atoms with Gasteiger partial charge in [0, 0.05) is 19.8 Å². The number of aryl methyl sites for hydroxylation is 2. The van der Waals surface area contributed by atoms with Gasteiger partial charge in [-0.3, -0.25) is 4.79 Å². The Morgan fingerprint density at radius 1 is 1.08 bits per heavy atom. The maximum Gasteiger partial charge on any atom is 0.274 e. The minimum absolute atomic E-state index is 0.00226. The van der Waals surface area contributed by atoms with Crippen molar-refractivity contribution in [3.8, 4) is 0 Å². The van der Waals surface area contributed by atoms with Gasteiger partial charge in [0.05, 0.1) is 15.6 Å². The van der Waals surface area contributed by atoms with E-state index >= 15 is 0 Å². The molecule has 0 aliphatic carbocycles. The summed E-state index contributed by atoms with van der Waals surface area (Å²) in [6.45, 7) is 4.13. The first-order valence-corrected chi connectivity index (χ1v) is 8.97. The Morgan fingerprint density at radius 2 is 1.76 bits per heavy atom. The Bertz CT molecular complexity index is 1200. The van der Waals surface area contributed by atoms with E-state index < -0.39 is 0 Å². The molecule has 0 atom stereocenters. The fraction of sp³-hybridized carbons (Fsp3) is 0.200. The molecular weight excluding hydrogens is 330 g/mol. The minimum Gasteiger partial charge on any atom is -0.378 e. The maximum atomic E-state index is 12.9. The third kappa shape index (κ3) is 2.61. The van der Waals surface area contributed by atoms with E-state index in [2.05, 4.69) is 41.9 Å². The van der Waals surface area contributed by atoms with Crippen LogP contribution in [0, 0.1) is 13.8 Å². The monoisotopic (exact) mass is 349 g/mol. The number of imidazole rings is 1. The van der Waals surface area contributed by atoms with Crippen molar-refractivity contribution < 1.29 is 0 Å². The van der Waals surface area contributed by atoms with Crippen LogP contribution in [0.3, 0.4) is 0 Å². The van der Waals surface area contributed by atoms with Crippen LogP contribution >= 0.6 is 11.3 Å². The molecule has 0 spiro atoms. The van der Waals surface area contributed by atoms with Crippen molar-refractivity contribution in [3.63, 3.8) is 0 Å². The molecule has 0 fully saturated rings.